The van der Waals surface area contributed by atoms with Gasteiger partial charge in [-0.15, -0.1) is 0 Å². The van der Waals surface area contributed by atoms with Gasteiger partial charge in [0.25, 0.3) is 0 Å². The van der Waals surface area contributed by atoms with Gasteiger partial charge in [-0.1, -0.05) is 35.9 Å². The number of carboxylic acids is 1. The number of hydrogen-bond donors (Lipinski definition) is 2. The highest BCUT2D eigenvalue weighted by Gasteiger charge is 2.33. The number of alkyl halides is 3. The molecule has 148 valence electrons. The van der Waals surface area contributed by atoms with Crippen molar-refractivity contribution in [1.29, 1.82) is 0 Å². The fraction of sp³-hybridized carbons (Fsp3) is 0.250. The van der Waals surface area contributed by atoms with Crippen LogP contribution in [-0.2, 0) is 11.0 Å². The molecule has 0 saturated heterocycles. The summed E-state index contributed by atoms with van der Waals surface area (Å²) in [4.78, 5) is 10.7. The molecule has 0 aromatic heterocycles. The van der Waals surface area contributed by atoms with E-state index in [2.05, 4.69) is 5.32 Å². The Balaban J connectivity index is 1.78. The van der Waals surface area contributed by atoms with E-state index in [0.29, 0.717) is 30.0 Å². The summed E-state index contributed by atoms with van der Waals surface area (Å²) in [6.07, 6.45) is -1.46. The number of carbonyl (C=O) groups is 1. The topological polar surface area (TPSA) is 58.6 Å². The van der Waals surface area contributed by atoms with Crippen molar-refractivity contribution in [2.75, 3.05) is 11.9 Å². The van der Waals surface area contributed by atoms with Gasteiger partial charge < -0.3 is 15.2 Å². The quantitative estimate of drug-likeness (QED) is 0.632. The number of nitrogens with one attached hydrogen (secondary N) is 1. The molecule has 0 unspecified atom stereocenters. The maximum atomic E-state index is 13.2. The molecule has 0 spiro atoms. The van der Waals surface area contributed by atoms with E-state index in [1.165, 1.54) is 18.2 Å². The van der Waals surface area contributed by atoms with Crippen molar-refractivity contribution in [3.05, 3.63) is 58.1 Å². The van der Waals surface area contributed by atoms with Crippen molar-refractivity contribution in [2.45, 2.75) is 25.1 Å². The lowest BCUT2D eigenvalue weighted by atomic mass is 10.0. The third kappa shape index (κ3) is 4.78. The molecule has 28 heavy (non-hydrogen) atoms. The van der Waals surface area contributed by atoms with Crippen LogP contribution in [0.4, 0.5) is 18.9 Å². The highest BCUT2D eigenvalue weighted by molar-refractivity contribution is 6.32. The average molecular weight is 412 g/mol. The summed E-state index contributed by atoms with van der Waals surface area (Å²) >= 11 is 5.96. The first-order valence-electron chi connectivity index (χ1n) is 8.54. The van der Waals surface area contributed by atoms with Crippen LogP contribution < -0.4 is 10.1 Å². The Morgan fingerprint density at radius 1 is 1.29 bits per heavy atom. The first kappa shape index (κ1) is 20.1. The lowest BCUT2D eigenvalue weighted by Gasteiger charge is -2.27. The number of benzene rings is 2. The number of ether oxygens (including phenoxy) is 1. The van der Waals surface area contributed by atoms with Crippen LogP contribution in [0.3, 0.4) is 0 Å². The van der Waals surface area contributed by atoms with E-state index in [9.17, 15) is 18.0 Å². The predicted molar refractivity (Wildman–Crippen MR) is 102 cm³/mol. The summed E-state index contributed by atoms with van der Waals surface area (Å²) in [6.45, 7) is 0.455. The molecule has 1 aliphatic rings. The van der Waals surface area contributed by atoms with Crippen LogP contribution in [0.25, 0.3) is 12.2 Å². The smallest absolute Gasteiger partial charge is 0.417 e. The van der Waals surface area contributed by atoms with Gasteiger partial charge in [-0.05, 0) is 36.2 Å². The van der Waals surface area contributed by atoms with Gasteiger partial charge in [0.1, 0.15) is 11.9 Å². The number of anilines is 1. The van der Waals surface area contributed by atoms with E-state index in [0.717, 1.165) is 6.07 Å². The van der Waals surface area contributed by atoms with Crippen molar-refractivity contribution >= 4 is 35.4 Å². The summed E-state index contributed by atoms with van der Waals surface area (Å²) < 4.78 is 45.3. The normalized spacial score (nSPS) is 16.4. The predicted octanol–water partition coefficient (Wildman–Crippen LogP) is 5.57. The molecule has 0 fully saturated rings. The Labute approximate surface area is 164 Å². The Kier molecular flexibility index (Phi) is 5.84. The SMILES string of the molecule is O=C(O)CC[C@H]1CNc2cc(/C=C/c3c(Cl)cccc3C(F)(F)F)ccc2O1. The van der Waals surface area contributed by atoms with Crippen LogP contribution in [0.15, 0.2) is 36.4 Å². The van der Waals surface area contributed by atoms with Crippen LogP contribution in [0, 0.1) is 0 Å². The molecule has 2 N–H and O–H groups in total. The monoisotopic (exact) mass is 411 g/mol. The summed E-state index contributed by atoms with van der Waals surface area (Å²) in [7, 11) is 0. The largest absolute Gasteiger partial charge is 0.486 e. The third-order valence-corrected chi connectivity index (χ3v) is 4.63. The molecule has 0 amide bonds. The minimum atomic E-state index is -4.50. The molecule has 1 atom stereocenters. The summed E-state index contributed by atoms with van der Waals surface area (Å²) in [5.41, 5.74) is 0.486. The molecule has 0 radical (unpaired) electrons. The van der Waals surface area contributed by atoms with Gasteiger partial charge in [0.15, 0.2) is 0 Å². The molecule has 0 bridgehead atoms. The Morgan fingerprint density at radius 2 is 2.07 bits per heavy atom. The van der Waals surface area contributed by atoms with E-state index in [4.69, 9.17) is 21.4 Å². The van der Waals surface area contributed by atoms with E-state index < -0.39 is 17.7 Å². The molecule has 0 aliphatic carbocycles. The van der Waals surface area contributed by atoms with Gasteiger partial charge >= 0.3 is 12.1 Å². The van der Waals surface area contributed by atoms with Crippen molar-refractivity contribution < 1.29 is 27.8 Å². The molecule has 8 heteroatoms. The minimum absolute atomic E-state index is 0.0157. The van der Waals surface area contributed by atoms with Crippen molar-refractivity contribution in [1.82, 2.24) is 0 Å². The maximum Gasteiger partial charge on any atom is 0.417 e. The molecule has 2 aromatic carbocycles. The zero-order valence-corrected chi connectivity index (χ0v) is 15.3. The van der Waals surface area contributed by atoms with Gasteiger partial charge in [-0.3, -0.25) is 4.79 Å². The maximum absolute atomic E-state index is 13.2. The van der Waals surface area contributed by atoms with Crippen LogP contribution in [-0.4, -0.2) is 23.7 Å². The summed E-state index contributed by atoms with van der Waals surface area (Å²) in [5.74, 6) is -0.305. The fourth-order valence-corrected chi connectivity index (χ4v) is 3.15. The van der Waals surface area contributed by atoms with Crippen LogP contribution >= 0.6 is 11.6 Å². The number of fused-ring (bicyclic) bond motifs is 1. The molecule has 1 heterocycles. The van der Waals surface area contributed by atoms with Gasteiger partial charge in [0, 0.05) is 17.0 Å². The Bertz CT molecular complexity index is 912. The summed E-state index contributed by atoms with van der Waals surface area (Å²) in [6, 6.07) is 8.83. The molecular formula is C20H17ClF3NO3. The van der Waals surface area contributed by atoms with Crippen LogP contribution in [0.5, 0.6) is 5.75 Å². The standard InChI is InChI=1S/C20H17ClF3NO3/c21-16-3-1-2-15(20(22,23)24)14(16)7-4-12-5-8-18-17(10-12)25-11-13(28-18)6-9-19(26)27/h1-5,7-8,10,13,25H,6,9,11H2,(H,26,27)/b7-4+/t13-/m0/s1. The van der Waals surface area contributed by atoms with E-state index >= 15 is 0 Å². The van der Waals surface area contributed by atoms with E-state index in [-0.39, 0.29) is 23.1 Å². The van der Waals surface area contributed by atoms with Crippen molar-refractivity contribution in [3.63, 3.8) is 0 Å². The number of halogens is 4. The lowest BCUT2D eigenvalue weighted by Crippen LogP contribution is -2.31. The van der Waals surface area contributed by atoms with Gasteiger partial charge in [-0.25, -0.2) is 0 Å². The van der Waals surface area contributed by atoms with Crippen molar-refractivity contribution in [3.8, 4) is 5.75 Å². The van der Waals surface area contributed by atoms with E-state index in [1.807, 2.05) is 0 Å². The second-order valence-corrected chi connectivity index (χ2v) is 6.75. The van der Waals surface area contributed by atoms with E-state index in [1.54, 1.807) is 24.3 Å². The molecule has 0 saturated carbocycles. The molecule has 3 rings (SSSR count). The van der Waals surface area contributed by atoms with Gasteiger partial charge in [-0.2, -0.15) is 13.2 Å². The highest BCUT2D eigenvalue weighted by atomic mass is 35.5. The second-order valence-electron chi connectivity index (χ2n) is 6.34. The number of hydrogen-bond acceptors (Lipinski definition) is 3. The van der Waals surface area contributed by atoms with Crippen molar-refractivity contribution in [2.24, 2.45) is 0 Å². The minimum Gasteiger partial charge on any atom is -0.486 e. The third-order valence-electron chi connectivity index (χ3n) is 4.30. The highest BCUT2D eigenvalue weighted by Crippen LogP contribution is 2.36. The summed E-state index contributed by atoms with van der Waals surface area (Å²) in [5, 5.41) is 11.9. The zero-order valence-electron chi connectivity index (χ0n) is 14.6. The molecule has 4 nitrogen and oxygen atoms in total. The molecular weight excluding hydrogens is 395 g/mol. The van der Waals surface area contributed by atoms with Crippen LogP contribution in [0.2, 0.25) is 5.02 Å². The number of aliphatic carboxylic acids is 1. The second kappa shape index (κ2) is 8.14. The zero-order chi connectivity index (χ0) is 20.3. The lowest BCUT2D eigenvalue weighted by molar-refractivity contribution is -0.138. The Hall–Kier alpha value is -2.67. The number of carboxylic acid groups (broad SMARTS) is 1. The molecule has 2 aromatic rings. The Morgan fingerprint density at radius 3 is 2.79 bits per heavy atom. The first-order valence-corrected chi connectivity index (χ1v) is 8.92. The fourth-order valence-electron chi connectivity index (χ4n) is 2.92. The number of rotatable bonds is 5. The molecule has 1 aliphatic heterocycles. The van der Waals surface area contributed by atoms with Gasteiger partial charge in [0.2, 0.25) is 0 Å². The average Bonchev–Trinajstić information content (AvgIpc) is 2.64. The first-order chi connectivity index (χ1) is 13.2. The van der Waals surface area contributed by atoms with Crippen LogP contribution in [0.1, 0.15) is 29.5 Å². The van der Waals surface area contributed by atoms with Gasteiger partial charge in [0.05, 0.1) is 17.8 Å².